The molecule has 0 saturated carbocycles. The van der Waals surface area contributed by atoms with Gasteiger partial charge in [0.1, 0.15) is 4.34 Å². The summed E-state index contributed by atoms with van der Waals surface area (Å²) in [6.45, 7) is 2.94. The molecule has 1 unspecified atom stereocenters. The Labute approximate surface area is 118 Å². The second-order valence-corrected chi connectivity index (χ2v) is 6.48. The molecule has 0 bridgehead atoms. The van der Waals surface area contributed by atoms with Gasteiger partial charge in [0.2, 0.25) is 0 Å². The van der Waals surface area contributed by atoms with E-state index in [9.17, 15) is 0 Å². The smallest absolute Gasteiger partial charge is 0.107 e. The number of aromatic nitrogens is 2. The first-order valence-corrected chi connectivity index (χ1v) is 7.20. The minimum atomic E-state index is 0.281. The van der Waals surface area contributed by atoms with Crippen molar-refractivity contribution in [3.8, 4) is 0 Å². The lowest BCUT2D eigenvalue weighted by molar-refractivity contribution is 0.578. The Bertz CT molecular complexity index is 489. The van der Waals surface area contributed by atoms with E-state index in [2.05, 4.69) is 39.3 Å². The van der Waals surface area contributed by atoms with E-state index in [-0.39, 0.29) is 6.04 Å². The van der Waals surface area contributed by atoms with Crippen LogP contribution in [0, 0.1) is 0 Å². The Morgan fingerprint density at radius 1 is 1.65 bits per heavy atom. The Hall–Kier alpha value is -0.360. The number of nitrogens with one attached hydrogen (secondary N) is 1. The molecule has 0 fully saturated rings. The summed E-state index contributed by atoms with van der Waals surface area (Å²) in [7, 11) is 1.92. The van der Waals surface area contributed by atoms with Gasteiger partial charge in [-0.1, -0.05) is 11.6 Å². The molecule has 0 saturated heterocycles. The fourth-order valence-corrected chi connectivity index (χ4v) is 3.26. The predicted octanol–water partition coefficient (Wildman–Crippen LogP) is 3.75. The molecule has 0 spiro atoms. The van der Waals surface area contributed by atoms with Gasteiger partial charge in [0.05, 0.1) is 6.20 Å². The first-order chi connectivity index (χ1) is 8.06. The van der Waals surface area contributed by atoms with Gasteiger partial charge in [-0.25, -0.2) is 0 Å². The summed E-state index contributed by atoms with van der Waals surface area (Å²) in [5, 5.41) is 7.61. The highest BCUT2D eigenvalue weighted by Gasteiger charge is 2.09. The quantitative estimate of drug-likeness (QED) is 0.923. The average molecular weight is 335 g/mol. The topological polar surface area (TPSA) is 29.9 Å². The van der Waals surface area contributed by atoms with Gasteiger partial charge in [-0.15, -0.1) is 11.3 Å². The van der Waals surface area contributed by atoms with Gasteiger partial charge in [-0.05, 0) is 28.9 Å². The second kappa shape index (κ2) is 5.52. The molecule has 2 heterocycles. The van der Waals surface area contributed by atoms with E-state index in [1.54, 1.807) is 11.3 Å². The van der Waals surface area contributed by atoms with E-state index in [0.29, 0.717) is 0 Å². The van der Waals surface area contributed by atoms with Gasteiger partial charge in [0.25, 0.3) is 0 Å². The fourth-order valence-electron chi connectivity index (χ4n) is 1.51. The number of thiophene rings is 1. The highest BCUT2D eigenvalue weighted by molar-refractivity contribution is 9.10. The standard InChI is InChI=1S/C11H13BrClN3S/c1-7(8-4-15-16(2)6-8)14-5-9-3-10(12)11(13)17-9/h3-4,6-7,14H,5H2,1-2H3. The lowest BCUT2D eigenvalue weighted by atomic mass is 10.2. The van der Waals surface area contributed by atoms with E-state index >= 15 is 0 Å². The van der Waals surface area contributed by atoms with Crippen LogP contribution in [0.25, 0.3) is 0 Å². The number of rotatable bonds is 4. The molecule has 0 radical (unpaired) electrons. The zero-order valence-corrected chi connectivity index (χ0v) is 12.7. The molecule has 0 aliphatic carbocycles. The second-order valence-electron chi connectivity index (χ2n) is 3.88. The highest BCUT2D eigenvalue weighted by atomic mass is 79.9. The summed E-state index contributed by atoms with van der Waals surface area (Å²) >= 11 is 11.0. The first kappa shape index (κ1) is 13.1. The lowest BCUT2D eigenvalue weighted by Gasteiger charge is -2.10. The molecule has 2 aromatic heterocycles. The van der Waals surface area contributed by atoms with Gasteiger partial charge in [0.15, 0.2) is 0 Å². The van der Waals surface area contributed by atoms with E-state index in [0.717, 1.165) is 15.4 Å². The number of hydrogen-bond donors (Lipinski definition) is 1. The van der Waals surface area contributed by atoms with Crippen molar-refractivity contribution >= 4 is 38.9 Å². The van der Waals surface area contributed by atoms with Gasteiger partial charge < -0.3 is 5.32 Å². The maximum atomic E-state index is 6.00. The molecule has 2 rings (SSSR count). The SMILES string of the molecule is CC(NCc1cc(Br)c(Cl)s1)c1cnn(C)c1. The van der Waals surface area contributed by atoms with Gasteiger partial charge >= 0.3 is 0 Å². The minimum Gasteiger partial charge on any atom is -0.305 e. The summed E-state index contributed by atoms with van der Waals surface area (Å²) < 4.78 is 3.58. The van der Waals surface area contributed by atoms with Crippen LogP contribution in [0.5, 0.6) is 0 Å². The molecule has 92 valence electrons. The van der Waals surface area contributed by atoms with E-state index in [4.69, 9.17) is 11.6 Å². The van der Waals surface area contributed by atoms with Crippen LogP contribution in [0.3, 0.4) is 0 Å². The van der Waals surface area contributed by atoms with Crippen LogP contribution < -0.4 is 5.32 Å². The Morgan fingerprint density at radius 2 is 2.41 bits per heavy atom. The first-order valence-electron chi connectivity index (χ1n) is 5.22. The van der Waals surface area contributed by atoms with Crippen molar-refractivity contribution in [2.75, 3.05) is 0 Å². The van der Waals surface area contributed by atoms with Crippen molar-refractivity contribution in [3.05, 3.63) is 37.7 Å². The molecule has 6 heteroatoms. The fraction of sp³-hybridized carbons (Fsp3) is 0.364. The summed E-state index contributed by atoms with van der Waals surface area (Å²) in [4.78, 5) is 1.22. The molecule has 0 aliphatic rings. The van der Waals surface area contributed by atoms with Crippen LogP contribution >= 0.6 is 38.9 Å². The monoisotopic (exact) mass is 333 g/mol. The summed E-state index contributed by atoms with van der Waals surface area (Å²) in [5.74, 6) is 0. The van der Waals surface area contributed by atoms with Crippen molar-refractivity contribution in [3.63, 3.8) is 0 Å². The van der Waals surface area contributed by atoms with Crippen LogP contribution in [0.2, 0.25) is 4.34 Å². The van der Waals surface area contributed by atoms with E-state index in [1.807, 2.05) is 24.1 Å². The molecule has 3 nitrogen and oxygen atoms in total. The summed E-state index contributed by atoms with van der Waals surface area (Å²) in [6.07, 6.45) is 3.91. The van der Waals surface area contributed by atoms with Gasteiger partial charge in [-0.2, -0.15) is 5.10 Å². The molecule has 2 aromatic rings. The maximum Gasteiger partial charge on any atom is 0.107 e. The molecule has 1 atom stereocenters. The number of halogens is 2. The summed E-state index contributed by atoms with van der Waals surface area (Å²) in [5.41, 5.74) is 1.19. The van der Waals surface area contributed by atoms with Crippen molar-refractivity contribution < 1.29 is 0 Å². The molecule has 0 aromatic carbocycles. The van der Waals surface area contributed by atoms with Gasteiger partial charge in [0, 0.05) is 40.7 Å². The molecular formula is C11H13BrClN3S. The van der Waals surface area contributed by atoms with Crippen LogP contribution in [-0.2, 0) is 13.6 Å². The Morgan fingerprint density at radius 3 is 2.94 bits per heavy atom. The Balaban J connectivity index is 1.94. The molecule has 1 N–H and O–H groups in total. The minimum absolute atomic E-state index is 0.281. The van der Waals surface area contributed by atoms with Gasteiger partial charge in [-0.3, -0.25) is 4.68 Å². The number of aryl methyl sites for hydroxylation is 1. The van der Waals surface area contributed by atoms with Crippen molar-refractivity contribution in [1.82, 2.24) is 15.1 Å². The third-order valence-electron chi connectivity index (χ3n) is 2.50. The van der Waals surface area contributed by atoms with Crippen LogP contribution in [-0.4, -0.2) is 9.78 Å². The molecule has 0 aliphatic heterocycles. The zero-order valence-electron chi connectivity index (χ0n) is 9.58. The number of nitrogens with zero attached hydrogens (tertiary/aromatic N) is 2. The lowest BCUT2D eigenvalue weighted by Crippen LogP contribution is -2.16. The molecule has 17 heavy (non-hydrogen) atoms. The van der Waals surface area contributed by atoms with E-state index < -0.39 is 0 Å². The van der Waals surface area contributed by atoms with Crippen LogP contribution in [0.1, 0.15) is 23.4 Å². The Kier molecular flexibility index (Phi) is 4.25. The van der Waals surface area contributed by atoms with E-state index in [1.165, 1.54) is 10.4 Å². The third-order valence-corrected chi connectivity index (χ3v) is 4.98. The van der Waals surface area contributed by atoms with Crippen molar-refractivity contribution in [2.24, 2.45) is 7.05 Å². The third kappa shape index (κ3) is 3.31. The highest BCUT2D eigenvalue weighted by Crippen LogP contribution is 2.32. The van der Waals surface area contributed by atoms with Crippen LogP contribution in [0.4, 0.5) is 0 Å². The average Bonchev–Trinajstić information content (AvgIpc) is 2.83. The predicted molar refractivity (Wildman–Crippen MR) is 75.5 cm³/mol. The largest absolute Gasteiger partial charge is 0.305 e. The molecular weight excluding hydrogens is 322 g/mol. The maximum absolute atomic E-state index is 6.00. The summed E-state index contributed by atoms with van der Waals surface area (Å²) in [6, 6.07) is 2.33. The zero-order chi connectivity index (χ0) is 12.4. The normalized spacial score (nSPS) is 12.9. The number of hydrogen-bond acceptors (Lipinski definition) is 3. The van der Waals surface area contributed by atoms with Crippen molar-refractivity contribution in [1.29, 1.82) is 0 Å². The van der Waals surface area contributed by atoms with Crippen LogP contribution in [0.15, 0.2) is 22.9 Å². The van der Waals surface area contributed by atoms with Crippen molar-refractivity contribution in [2.45, 2.75) is 19.5 Å². The molecule has 0 amide bonds.